The van der Waals surface area contributed by atoms with Gasteiger partial charge in [-0.05, 0) is 35.8 Å². The third-order valence-corrected chi connectivity index (χ3v) is 2.92. The molecule has 0 saturated heterocycles. The minimum Gasteiger partial charge on any atom is -0.465 e. The molecule has 1 unspecified atom stereocenters. The van der Waals surface area contributed by atoms with E-state index >= 15 is 0 Å². The molecular formula is C12H15BrN4O2. The first-order valence-electron chi connectivity index (χ1n) is 5.66. The molecule has 0 fully saturated rings. The number of esters is 1. The van der Waals surface area contributed by atoms with Gasteiger partial charge in [-0.1, -0.05) is 0 Å². The Labute approximate surface area is 120 Å². The summed E-state index contributed by atoms with van der Waals surface area (Å²) < 4.78 is 5.63. The second kappa shape index (κ2) is 6.38. The van der Waals surface area contributed by atoms with Gasteiger partial charge in [0.1, 0.15) is 5.82 Å². The first-order chi connectivity index (χ1) is 8.92. The van der Waals surface area contributed by atoms with E-state index in [4.69, 9.17) is 15.7 Å². The minimum atomic E-state index is -1.27. The maximum Gasteiger partial charge on any atom is 0.328 e. The van der Waals surface area contributed by atoms with Crippen molar-refractivity contribution in [2.45, 2.75) is 13.8 Å². The van der Waals surface area contributed by atoms with Crippen molar-refractivity contribution in [3.63, 3.8) is 0 Å². The van der Waals surface area contributed by atoms with Gasteiger partial charge in [0, 0.05) is 17.2 Å². The summed E-state index contributed by atoms with van der Waals surface area (Å²) in [6.45, 7) is 3.53. The number of pyridine rings is 1. The Morgan fingerprint density at radius 2 is 2.42 bits per heavy atom. The molecule has 0 amide bonds. The van der Waals surface area contributed by atoms with Gasteiger partial charge < -0.3 is 15.8 Å². The molecule has 1 rings (SSSR count). The fraction of sp³-hybridized carbons (Fsp3) is 0.417. The normalized spacial score (nSPS) is 13.2. The molecule has 0 aliphatic rings. The Bertz CT molecular complexity index is 515. The number of nitrogens with one attached hydrogen (secondary N) is 1. The van der Waals surface area contributed by atoms with Gasteiger partial charge in [0.15, 0.2) is 5.41 Å². The second-order valence-corrected chi connectivity index (χ2v) is 5.02. The monoisotopic (exact) mass is 326 g/mol. The van der Waals surface area contributed by atoms with E-state index in [1.54, 1.807) is 19.2 Å². The number of anilines is 2. The van der Waals surface area contributed by atoms with Crippen LogP contribution < -0.4 is 11.1 Å². The molecule has 0 aliphatic carbocycles. The van der Waals surface area contributed by atoms with Crippen molar-refractivity contribution < 1.29 is 9.53 Å². The highest BCUT2D eigenvalue weighted by Crippen LogP contribution is 2.24. The summed E-state index contributed by atoms with van der Waals surface area (Å²) in [7, 11) is 0. The highest BCUT2D eigenvalue weighted by atomic mass is 79.9. The van der Waals surface area contributed by atoms with Crippen LogP contribution in [-0.4, -0.2) is 24.1 Å². The van der Waals surface area contributed by atoms with Gasteiger partial charge in [-0.15, -0.1) is 0 Å². The minimum absolute atomic E-state index is 0.0880. The van der Waals surface area contributed by atoms with Crippen molar-refractivity contribution in [3.05, 3.63) is 16.7 Å². The number of carbonyl (C=O) groups excluding carboxylic acids is 1. The van der Waals surface area contributed by atoms with Gasteiger partial charge in [-0.25, -0.2) is 4.98 Å². The number of rotatable bonds is 5. The number of nitrogens with two attached hydrogens (primary N) is 1. The van der Waals surface area contributed by atoms with E-state index in [0.29, 0.717) is 11.5 Å². The number of hydrogen-bond acceptors (Lipinski definition) is 6. The molecule has 7 heteroatoms. The number of hydrogen-bond donors (Lipinski definition) is 2. The summed E-state index contributed by atoms with van der Waals surface area (Å²) in [4.78, 5) is 15.7. The summed E-state index contributed by atoms with van der Waals surface area (Å²) in [5, 5.41) is 12.1. The van der Waals surface area contributed by atoms with E-state index in [1.165, 1.54) is 6.92 Å². The van der Waals surface area contributed by atoms with E-state index in [9.17, 15) is 4.79 Å². The summed E-state index contributed by atoms with van der Waals surface area (Å²) in [5.41, 5.74) is 4.98. The molecule has 0 bridgehead atoms. The number of ether oxygens (including phenoxy) is 1. The van der Waals surface area contributed by atoms with E-state index in [1.807, 2.05) is 6.07 Å². The van der Waals surface area contributed by atoms with Crippen LogP contribution in [0.4, 0.5) is 11.5 Å². The van der Waals surface area contributed by atoms with Crippen molar-refractivity contribution >= 4 is 33.4 Å². The van der Waals surface area contributed by atoms with Crippen molar-refractivity contribution in [1.82, 2.24) is 4.98 Å². The summed E-state index contributed by atoms with van der Waals surface area (Å²) in [6, 6.07) is 3.68. The molecule has 19 heavy (non-hydrogen) atoms. The summed E-state index contributed by atoms with van der Waals surface area (Å²) >= 11 is 3.27. The average Bonchev–Trinajstić information content (AvgIpc) is 2.39. The Balaban J connectivity index is 2.81. The molecule has 0 spiro atoms. The third kappa shape index (κ3) is 3.83. The molecule has 0 aliphatic heterocycles. The van der Waals surface area contributed by atoms with Gasteiger partial charge in [-0.2, -0.15) is 5.26 Å². The quantitative estimate of drug-likeness (QED) is 0.802. The number of carbonyl (C=O) groups is 1. The van der Waals surface area contributed by atoms with Gasteiger partial charge in [0.05, 0.1) is 18.4 Å². The molecule has 1 heterocycles. The van der Waals surface area contributed by atoms with Crippen molar-refractivity contribution in [2.75, 3.05) is 24.2 Å². The third-order valence-electron chi connectivity index (χ3n) is 2.49. The molecule has 0 radical (unpaired) electrons. The lowest BCUT2D eigenvalue weighted by molar-refractivity contribution is -0.150. The van der Waals surface area contributed by atoms with Crippen LogP contribution in [-0.2, 0) is 9.53 Å². The van der Waals surface area contributed by atoms with Gasteiger partial charge in [0.25, 0.3) is 0 Å². The fourth-order valence-electron chi connectivity index (χ4n) is 1.31. The van der Waals surface area contributed by atoms with Crippen molar-refractivity contribution in [2.24, 2.45) is 5.41 Å². The van der Waals surface area contributed by atoms with Crippen LogP contribution in [0, 0.1) is 16.7 Å². The lowest BCUT2D eigenvalue weighted by atomic mass is 9.93. The molecular weight excluding hydrogens is 312 g/mol. The Morgan fingerprint density at radius 3 is 3.00 bits per heavy atom. The first kappa shape index (κ1) is 15.2. The average molecular weight is 327 g/mol. The number of aromatic nitrogens is 1. The maximum absolute atomic E-state index is 11.7. The summed E-state index contributed by atoms with van der Waals surface area (Å²) in [5.74, 6) is -0.265. The number of nitrogens with zero attached hydrogens (tertiary/aromatic N) is 2. The highest BCUT2D eigenvalue weighted by molar-refractivity contribution is 9.10. The van der Waals surface area contributed by atoms with Gasteiger partial charge in [0.2, 0.25) is 0 Å². The second-order valence-electron chi connectivity index (χ2n) is 4.10. The molecule has 0 aromatic carbocycles. The van der Waals surface area contributed by atoms with Crippen LogP contribution in [0.25, 0.3) is 0 Å². The first-order valence-corrected chi connectivity index (χ1v) is 6.45. The molecule has 6 nitrogen and oxygen atoms in total. The molecule has 3 N–H and O–H groups in total. The molecule has 0 saturated carbocycles. The lowest BCUT2D eigenvalue weighted by Crippen LogP contribution is -2.35. The topological polar surface area (TPSA) is 101 Å². The SMILES string of the molecule is CCOC(=O)C(C)(C#N)CNc1cc(Br)cnc1N. The maximum atomic E-state index is 11.7. The fourth-order valence-corrected chi connectivity index (χ4v) is 1.64. The number of nitrogen functional groups attached to an aromatic ring is 1. The lowest BCUT2D eigenvalue weighted by Gasteiger charge is -2.20. The summed E-state index contributed by atoms with van der Waals surface area (Å²) in [6.07, 6.45) is 1.56. The van der Waals surface area contributed by atoms with E-state index in [0.717, 1.165) is 4.47 Å². The van der Waals surface area contributed by atoms with Crippen LogP contribution in [0.1, 0.15) is 13.8 Å². The molecule has 102 valence electrons. The smallest absolute Gasteiger partial charge is 0.328 e. The largest absolute Gasteiger partial charge is 0.465 e. The Kier molecular flexibility index (Phi) is 5.12. The molecule has 1 atom stereocenters. The van der Waals surface area contributed by atoms with Crippen LogP contribution in [0.3, 0.4) is 0 Å². The van der Waals surface area contributed by atoms with Crippen LogP contribution >= 0.6 is 15.9 Å². The van der Waals surface area contributed by atoms with Crippen molar-refractivity contribution in [3.8, 4) is 6.07 Å². The van der Waals surface area contributed by atoms with Crippen LogP contribution in [0.2, 0.25) is 0 Å². The van der Waals surface area contributed by atoms with Crippen molar-refractivity contribution in [1.29, 1.82) is 5.26 Å². The number of halogens is 1. The zero-order valence-corrected chi connectivity index (χ0v) is 12.3. The zero-order valence-electron chi connectivity index (χ0n) is 10.7. The highest BCUT2D eigenvalue weighted by Gasteiger charge is 2.35. The predicted octanol–water partition coefficient (Wildman–Crippen LogP) is 1.93. The number of nitriles is 1. The Morgan fingerprint density at radius 1 is 1.74 bits per heavy atom. The Hall–Kier alpha value is -1.81. The van der Waals surface area contributed by atoms with Crippen LogP contribution in [0.5, 0.6) is 0 Å². The van der Waals surface area contributed by atoms with Gasteiger partial charge in [-0.3, -0.25) is 4.79 Å². The van der Waals surface area contributed by atoms with E-state index < -0.39 is 11.4 Å². The molecule has 1 aromatic heterocycles. The predicted molar refractivity (Wildman–Crippen MR) is 75.2 cm³/mol. The van der Waals surface area contributed by atoms with Crippen LogP contribution in [0.15, 0.2) is 16.7 Å². The molecule has 1 aromatic rings. The van der Waals surface area contributed by atoms with E-state index in [2.05, 4.69) is 26.2 Å². The van der Waals surface area contributed by atoms with Gasteiger partial charge >= 0.3 is 5.97 Å². The zero-order chi connectivity index (χ0) is 14.5. The van der Waals surface area contributed by atoms with E-state index in [-0.39, 0.29) is 13.2 Å². The standard InChI is InChI=1S/C12H15BrN4O2/c1-3-19-11(18)12(2,6-14)7-17-9-4-8(13)5-16-10(9)15/h4-5,17H,3,7H2,1-2H3,(H2,15,16).